The van der Waals surface area contributed by atoms with Crippen LogP contribution in [0.15, 0.2) is 18.2 Å². The Labute approximate surface area is 102 Å². The van der Waals surface area contributed by atoms with Gasteiger partial charge in [-0.3, -0.25) is 4.79 Å². The van der Waals surface area contributed by atoms with E-state index in [9.17, 15) is 4.79 Å². The topological polar surface area (TPSA) is 53.1 Å². The van der Waals surface area contributed by atoms with Gasteiger partial charge < -0.3 is 10.1 Å². The maximum Gasteiger partial charge on any atom is 0.303 e. The zero-order valence-corrected chi connectivity index (χ0v) is 9.77. The molecule has 3 nitrogen and oxygen atoms in total. The Morgan fingerprint density at radius 2 is 2.12 bits per heavy atom. The van der Waals surface area contributed by atoms with Crippen LogP contribution >= 0.6 is 23.2 Å². The van der Waals surface area contributed by atoms with Crippen LogP contribution in [0, 0.1) is 0 Å². The van der Waals surface area contributed by atoms with Gasteiger partial charge in [-0.2, -0.15) is 0 Å². The summed E-state index contributed by atoms with van der Waals surface area (Å²) in [6.07, 6.45) is 0.552. The van der Waals surface area contributed by atoms with Crippen LogP contribution in [0.1, 0.15) is 12.1 Å². The first-order valence-corrected chi connectivity index (χ1v) is 5.51. The molecule has 0 aliphatic rings. The van der Waals surface area contributed by atoms with Gasteiger partial charge in [0.25, 0.3) is 0 Å². The van der Waals surface area contributed by atoms with Gasteiger partial charge in [-0.05, 0) is 18.6 Å². The summed E-state index contributed by atoms with van der Waals surface area (Å²) in [6.45, 7) is 0. The van der Waals surface area contributed by atoms with Crippen molar-refractivity contribution < 1.29 is 9.90 Å². The molecule has 16 heavy (non-hydrogen) atoms. The highest BCUT2D eigenvalue weighted by molar-refractivity contribution is 6.45. The molecule has 0 unspecified atom stereocenters. The molecule has 1 aromatic heterocycles. The molecule has 0 saturated carbocycles. The SMILES string of the molecule is O=C(O)CCc1cc2ccc(Cl)c(Cl)c2[nH]1. The highest BCUT2D eigenvalue weighted by Crippen LogP contribution is 2.30. The van der Waals surface area contributed by atoms with Gasteiger partial charge in [-0.25, -0.2) is 0 Å². The lowest BCUT2D eigenvalue weighted by atomic mass is 10.2. The molecule has 0 amide bonds. The van der Waals surface area contributed by atoms with Crippen molar-refractivity contribution >= 4 is 40.1 Å². The van der Waals surface area contributed by atoms with E-state index in [1.165, 1.54) is 0 Å². The van der Waals surface area contributed by atoms with Crippen LogP contribution in [-0.4, -0.2) is 16.1 Å². The summed E-state index contributed by atoms with van der Waals surface area (Å²) in [4.78, 5) is 13.5. The van der Waals surface area contributed by atoms with Gasteiger partial charge in [0.05, 0.1) is 22.0 Å². The van der Waals surface area contributed by atoms with Gasteiger partial charge in [0.15, 0.2) is 0 Å². The maximum atomic E-state index is 10.4. The summed E-state index contributed by atoms with van der Waals surface area (Å²) in [6, 6.07) is 5.46. The van der Waals surface area contributed by atoms with Crippen molar-refractivity contribution in [2.24, 2.45) is 0 Å². The van der Waals surface area contributed by atoms with Crippen LogP contribution in [0.3, 0.4) is 0 Å². The van der Waals surface area contributed by atoms with Crippen LogP contribution in [0.4, 0.5) is 0 Å². The third-order valence-electron chi connectivity index (χ3n) is 2.35. The molecule has 2 N–H and O–H groups in total. The second-order valence-corrected chi connectivity index (χ2v) is 4.30. The number of aliphatic carboxylic acids is 1. The van der Waals surface area contributed by atoms with Crippen molar-refractivity contribution in [3.8, 4) is 0 Å². The summed E-state index contributed by atoms with van der Waals surface area (Å²) in [5.74, 6) is -0.817. The van der Waals surface area contributed by atoms with E-state index in [1.807, 2.05) is 12.1 Å². The maximum absolute atomic E-state index is 10.4. The van der Waals surface area contributed by atoms with Crippen LogP contribution < -0.4 is 0 Å². The van der Waals surface area contributed by atoms with Gasteiger partial charge >= 0.3 is 5.97 Å². The average Bonchev–Trinajstić information content (AvgIpc) is 2.64. The summed E-state index contributed by atoms with van der Waals surface area (Å²) >= 11 is 11.9. The number of hydrogen-bond donors (Lipinski definition) is 2. The Hall–Kier alpha value is -1.19. The number of fused-ring (bicyclic) bond motifs is 1. The lowest BCUT2D eigenvalue weighted by Gasteiger charge is -1.96. The van der Waals surface area contributed by atoms with Gasteiger partial charge in [0.2, 0.25) is 0 Å². The number of nitrogens with one attached hydrogen (secondary N) is 1. The van der Waals surface area contributed by atoms with E-state index in [-0.39, 0.29) is 6.42 Å². The predicted octanol–water partition coefficient (Wildman–Crippen LogP) is 3.49. The fraction of sp³-hybridized carbons (Fsp3) is 0.182. The number of benzene rings is 1. The number of aryl methyl sites for hydroxylation is 1. The third-order valence-corrected chi connectivity index (χ3v) is 3.15. The van der Waals surface area contributed by atoms with Crippen molar-refractivity contribution in [3.63, 3.8) is 0 Å². The molecule has 0 bridgehead atoms. The normalized spacial score (nSPS) is 10.9. The molecule has 84 valence electrons. The number of carboxylic acid groups (broad SMARTS) is 1. The van der Waals surface area contributed by atoms with Crippen LogP contribution in [0.5, 0.6) is 0 Å². The van der Waals surface area contributed by atoms with Gasteiger partial charge in [-0.1, -0.05) is 29.3 Å². The van der Waals surface area contributed by atoms with Crippen molar-refractivity contribution in [1.82, 2.24) is 4.98 Å². The highest BCUT2D eigenvalue weighted by Gasteiger charge is 2.08. The van der Waals surface area contributed by atoms with Crippen LogP contribution in [0.2, 0.25) is 10.0 Å². The minimum absolute atomic E-state index is 0.0954. The summed E-state index contributed by atoms with van der Waals surface area (Å²) in [5.41, 5.74) is 1.61. The lowest BCUT2D eigenvalue weighted by molar-refractivity contribution is -0.136. The second-order valence-electron chi connectivity index (χ2n) is 3.51. The zero-order valence-electron chi connectivity index (χ0n) is 8.26. The molecule has 0 aliphatic heterocycles. The first-order valence-electron chi connectivity index (χ1n) is 4.75. The molecule has 0 radical (unpaired) electrons. The number of carboxylic acids is 1. The molecule has 2 aromatic rings. The molecular formula is C11H9Cl2NO2. The average molecular weight is 258 g/mol. The van der Waals surface area contributed by atoms with Crippen molar-refractivity contribution in [2.75, 3.05) is 0 Å². The molecule has 1 aromatic carbocycles. The Morgan fingerprint density at radius 3 is 2.81 bits per heavy atom. The molecule has 5 heteroatoms. The van der Waals surface area contributed by atoms with Crippen LogP contribution in [0.25, 0.3) is 10.9 Å². The number of aromatic nitrogens is 1. The molecule has 0 spiro atoms. The monoisotopic (exact) mass is 257 g/mol. The number of H-pyrrole nitrogens is 1. The Bertz CT molecular complexity index is 548. The van der Waals surface area contributed by atoms with Crippen molar-refractivity contribution in [1.29, 1.82) is 0 Å². The molecule has 0 saturated heterocycles. The van der Waals surface area contributed by atoms with Crippen molar-refractivity contribution in [3.05, 3.63) is 33.9 Å². The van der Waals surface area contributed by atoms with E-state index in [1.54, 1.807) is 6.07 Å². The molecular weight excluding hydrogens is 249 g/mol. The number of carbonyl (C=O) groups is 1. The van der Waals surface area contributed by atoms with E-state index in [4.69, 9.17) is 28.3 Å². The fourth-order valence-corrected chi connectivity index (χ4v) is 1.95. The minimum Gasteiger partial charge on any atom is -0.481 e. The van der Waals surface area contributed by atoms with Crippen molar-refractivity contribution in [2.45, 2.75) is 12.8 Å². The third kappa shape index (κ3) is 2.15. The first-order chi connectivity index (χ1) is 7.58. The summed E-state index contributed by atoms with van der Waals surface area (Å²) < 4.78 is 0. The minimum atomic E-state index is -0.817. The second kappa shape index (κ2) is 4.36. The highest BCUT2D eigenvalue weighted by atomic mass is 35.5. The summed E-state index contributed by atoms with van der Waals surface area (Å²) in [7, 11) is 0. The summed E-state index contributed by atoms with van der Waals surface area (Å²) in [5, 5.41) is 10.5. The van der Waals surface area contributed by atoms with E-state index in [0.29, 0.717) is 16.5 Å². The molecule has 1 heterocycles. The Kier molecular flexibility index (Phi) is 3.08. The molecule has 2 rings (SSSR count). The fourth-order valence-electron chi connectivity index (χ4n) is 1.57. The lowest BCUT2D eigenvalue weighted by Crippen LogP contribution is -1.97. The number of halogens is 2. The number of rotatable bonds is 3. The molecule has 0 atom stereocenters. The van der Waals surface area contributed by atoms with E-state index in [2.05, 4.69) is 4.98 Å². The van der Waals surface area contributed by atoms with Gasteiger partial charge in [0, 0.05) is 11.1 Å². The Balaban J connectivity index is 2.36. The number of hydrogen-bond acceptors (Lipinski definition) is 1. The quantitative estimate of drug-likeness (QED) is 0.885. The van der Waals surface area contributed by atoms with Crippen LogP contribution in [-0.2, 0) is 11.2 Å². The molecule has 0 aliphatic carbocycles. The predicted molar refractivity (Wildman–Crippen MR) is 64.3 cm³/mol. The van der Waals surface area contributed by atoms with E-state index in [0.717, 1.165) is 16.6 Å². The van der Waals surface area contributed by atoms with E-state index < -0.39 is 5.97 Å². The standard InChI is InChI=1S/C11H9Cl2NO2/c12-8-3-1-6-5-7(2-4-9(15)16)14-11(6)10(8)13/h1,3,5,14H,2,4H2,(H,15,16). The zero-order chi connectivity index (χ0) is 11.7. The smallest absolute Gasteiger partial charge is 0.303 e. The first kappa shape index (κ1) is 11.3. The molecule has 0 fully saturated rings. The largest absolute Gasteiger partial charge is 0.481 e. The van der Waals surface area contributed by atoms with E-state index >= 15 is 0 Å². The van der Waals surface area contributed by atoms with Gasteiger partial charge in [0.1, 0.15) is 0 Å². The Morgan fingerprint density at radius 1 is 1.38 bits per heavy atom. The van der Waals surface area contributed by atoms with Gasteiger partial charge in [-0.15, -0.1) is 0 Å². The number of aromatic amines is 1.